The number of aromatic carboxylic acids is 1. The molecule has 0 radical (unpaired) electrons. The van der Waals surface area contributed by atoms with Gasteiger partial charge in [0.05, 0.1) is 11.7 Å². The molecule has 5 nitrogen and oxygen atoms in total. The first-order chi connectivity index (χ1) is 11.4. The number of hydrogen-bond acceptors (Lipinski definition) is 4. The van der Waals surface area contributed by atoms with E-state index in [1.165, 1.54) is 0 Å². The van der Waals surface area contributed by atoms with Gasteiger partial charge in [-0.05, 0) is 48.9 Å². The number of fused-ring (bicyclic) bond motifs is 1. The highest BCUT2D eigenvalue weighted by molar-refractivity contribution is 5.94. The molecule has 0 aliphatic heterocycles. The zero-order chi connectivity index (χ0) is 17.7. The summed E-state index contributed by atoms with van der Waals surface area (Å²) in [7, 11) is 0. The Morgan fingerprint density at radius 2 is 1.79 bits per heavy atom. The number of esters is 1. The first-order valence-corrected chi connectivity index (χ1v) is 7.66. The van der Waals surface area contributed by atoms with E-state index in [9.17, 15) is 9.59 Å². The molecule has 0 aromatic heterocycles. The predicted molar refractivity (Wildman–Crippen MR) is 91.4 cm³/mol. The third-order valence-electron chi connectivity index (χ3n) is 3.54. The van der Waals surface area contributed by atoms with Gasteiger partial charge in [-0.15, -0.1) is 0 Å². The number of carboxylic acids is 1. The Morgan fingerprint density at radius 1 is 1.12 bits per heavy atom. The van der Waals surface area contributed by atoms with Crippen LogP contribution in [0.15, 0.2) is 49.1 Å². The molecule has 2 atom stereocenters. The lowest BCUT2D eigenvalue weighted by Crippen LogP contribution is -2.22. The molecular weight excluding hydrogens is 308 g/mol. The zero-order valence-electron chi connectivity index (χ0n) is 13.7. The van der Waals surface area contributed by atoms with Crippen molar-refractivity contribution in [1.29, 1.82) is 0 Å². The molecule has 2 rings (SSSR count). The van der Waals surface area contributed by atoms with Crippen molar-refractivity contribution in [3.63, 3.8) is 0 Å². The molecule has 0 amide bonds. The van der Waals surface area contributed by atoms with Crippen molar-refractivity contribution < 1.29 is 24.2 Å². The summed E-state index contributed by atoms with van der Waals surface area (Å²) in [6, 6.07) is 10.4. The number of carbonyl (C=O) groups is 2. The van der Waals surface area contributed by atoms with Crippen molar-refractivity contribution >= 4 is 22.7 Å². The quantitative estimate of drug-likeness (QED) is 0.618. The Hall–Kier alpha value is -2.82. The monoisotopic (exact) mass is 328 g/mol. The van der Waals surface area contributed by atoms with Crippen molar-refractivity contribution in [2.45, 2.75) is 32.5 Å². The van der Waals surface area contributed by atoms with Crippen LogP contribution >= 0.6 is 0 Å². The summed E-state index contributed by atoms with van der Waals surface area (Å²) in [6.07, 6.45) is 1.27. The van der Waals surface area contributed by atoms with Crippen molar-refractivity contribution in [2.75, 3.05) is 0 Å². The summed E-state index contributed by atoms with van der Waals surface area (Å²) in [4.78, 5) is 22.2. The number of rotatable bonds is 7. The van der Waals surface area contributed by atoms with Crippen LogP contribution in [0.25, 0.3) is 10.8 Å². The van der Waals surface area contributed by atoms with E-state index in [1.807, 2.05) is 19.1 Å². The standard InChI is InChI=1S/C19H20O5/c1-4-18(20)24-13(3)9-12(2)23-17-8-7-14-10-16(19(21)22)6-5-15(14)11-17/h4-8,10-13H,1,9H2,2-3H3,(H,21,22). The van der Waals surface area contributed by atoms with Gasteiger partial charge < -0.3 is 14.6 Å². The summed E-state index contributed by atoms with van der Waals surface area (Å²) < 4.78 is 11.0. The highest BCUT2D eigenvalue weighted by Crippen LogP contribution is 2.23. The van der Waals surface area contributed by atoms with Gasteiger partial charge in [0, 0.05) is 12.5 Å². The minimum Gasteiger partial charge on any atom is -0.491 e. The fourth-order valence-electron chi connectivity index (χ4n) is 2.47. The third-order valence-corrected chi connectivity index (χ3v) is 3.54. The van der Waals surface area contributed by atoms with Crippen LogP contribution < -0.4 is 4.74 Å². The van der Waals surface area contributed by atoms with Gasteiger partial charge in [0.15, 0.2) is 0 Å². The van der Waals surface area contributed by atoms with Gasteiger partial charge in [0.25, 0.3) is 0 Å². The Morgan fingerprint density at radius 3 is 2.46 bits per heavy atom. The van der Waals surface area contributed by atoms with Crippen LogP contribution in [0.3, 0.4) is 0 Å². The van der Waals surface area contributed by atoms with E-state index < -0.39 is 11.9 Å². The molecule has 0 saturated carbocycles. The van der Waals surface area contributed by atoms with Gasteiger partial charge in [-0.3, -0.25) is 0 Å². The minimum absolute atomic E-state index is 0.145. The van der Waals surface area contributed by atoms with Gasteiger partial charge in [-0.1, -0.05) is 18.7 Å². The maximum absolute atomic E-state index is 11.2. The number of hydrogen-bond donors (Lipinski definition) is 1. The molecule has 0 saturated heterocycles. The fraction of sp³-hybridized carbons (Fsp3) is 0.263. The highest BCUT2D eigenvalue weighted by Gasteiger charge is 2.13. The van der Waals surface area contributed by atoms with E-state index in [2.05, 4.69) is 6.58 Å². The van der Waals surface area contributed by atoms with E-state index in [1.54, 1.807) is 31.2 Å². The smallest absolute Gasteiger partial charge is 0.335 e. The average molecular weight is 328 g/mol. The molecule has 0 spiro atoms. The average Bonchev–Trinajstić information content (AvgIpc) is 2.53. The normalized spacial score (nSPS) is 13.1. The largest absolute Gasteiger partial charge is 0.491 e. The van der Waals surface area contributed by atoms with Crippen molar-refractivity contribution in [1.82, 2.24) is 0 Å². The van der Waals surface area contributed by atoms with Gasteiger partial charge in [0.2, 0.25) is 0 Å². The molecule has 5 heteroatoms. The molecule has 24 heavy (non-hydrogen) atoms. The van der Waals surface area contributed by atoms with Crippen LogP contribution in [0.4, 0.5) is 0 Å². The van der Waals surface area contributed by atoms with Crippen LogP contribution in [0.2, 0.25) is 0 Å². The topological polar surface area (TPSA) is 72.8 Å². The van der Waals surface area contributed by atoms with Crippen LogP contribution in [-0.4, -0.2) is 29.3 Å². The Labute approximate surface area is 140 Å². The van der Waals surface area contributed by atoms with Gasteiger partial charge >= 0.3 is 11.9 Å². The predicted octanol–water partition coefficient (Wildman–Crippen LogP) is 3.81. The molecule has 0 heterocycles. The Bertz CT molecular complexity index is 765. The molecule has 2 aromatic carbocycles. The lowest BCUT2D eigenvalue weighted by Gasteiger charge is -2.19. The molecule has 0 aliphatic carbocycles. The van der Waals surface area contributed by atoms with Crippen LogP contribution in [0.1, 0.15) is 30.6 Å². The van der Waals surface area contributed by atoms with Crippen LogP contribution in [-0.2, 0) is 9.53 Å². The van der Waals surface area contributed by atoms with E-state index >= 15 is 0 Å². The van der Waals surface area contributed by atoms with Crippen molar-refractivity contribution in [2.24, 2.45) is 0 Å². The van der Waals surface area contributed by atoms with E-state index in [-0.39, 0.29) is 17.8 Å². The lowest BCUT2D eigenvalue weighted by molar-refractivity contribution is -0.143. The minimum atomic E-state index is -0.950. The number of ether oxygens (including phenoxy) is 2. The summed E-state index contributed by atoms with van der Waals surface area (Å²) >= 11 is 0. The second kappa shape index (κ2) is 7.64. The van der Waals surface area contributed by atoms with Crippen molar-refractivity contribution in [3.05, 3.63) is 54.6 Å². The molecule has 126 valence electrons. The van der Waals surface area contributed by atoms with Crippen LogP contribution in [0, 0.1) is 0 Å². The summed E-state index contributed by atoms with van der Waals surface area (Å²) in [5.74, 6) is -0.719. The first-order valence-electron chi connectivity index (χ1n) is 7.66. The molecule has 1 N–H and O–H groups in total. The maximum atomic E-state index is 11.2. The fourth-order valence-corrected chi connectivity index (χ4v) is 2.47. The molecule has 0 fully saturated rings. The lowest BCUT2D eigenvalue weighted by atomic mass is 10.1. The number of benzene rings is 2. The van der Waals surface area contributed by atoms with Gasteiger partial charge in [-0.2, -0.15) is 0 Å². The first kappa shape index (κ1) is 17.5. The van der Waals surface area contributed by atoms with E-state index in [0.717, 1.165) is 16.8 Å². The van der Waals surface area contributed by atoms with E-state index in [4.69, 9.17) is 14.6 Å². The molecule has 2 unspecified atom stereocenters. The third kappa shape index (κ3) is 4.59. The second-order valence-electron chi connectivity index (χ2n) is 5.64. The Kier molecular flexibility index (Phi) is 5.58. The number of carbonyl (C=O) groups excluding carboxylic acids is 1. The number of carboxylic acid groups (broad SMARTS) is 1. The summed E-state index contributed by atoms with van der Waals surface area (Å²) in [6.45, 7) is 7.06. The molecule has 0 bridgehead atoms. The van der Waals surface area contributed by atoms with Crippen LogP contribution in [0.5, 0.6) is 5.75 Å². The molecule has 2 aromatic rings. The maximum Gasteiger partial charge on any atom is 0.335 e. The second-order valence-corrected chi connectivity index (χ2v) is 5.64. The van der Waals surface area contributed by atoms with E-state index in [0.29, 0.717) is 12.2 Å². The van der Waals surface area contributed by atoms with Gasteiger partial charge in [-0.25, -0.2) is 9.59 Å². The summed E-state index contributed by atoms with van der Waals surface area (Å²) in [5.41, 5.74) is 0.252. The van der Waals surface area contributed by atoms with Crippen molar-refractivity contribution in [3.8, 4) is 5.75 Å². The highest BCUT2D eigenvalue weighted by atomic mass is 16.5. The zero-order valence-corrected chi connectivity index (χ0v) is 13.7. The SMILES string of the molecule is C=CC(=O)OC(C)CC(C)Oc1ccc2cc(C(=O)O)ccc2c1. The Balaban J connectivity index is 2.04. The van der Waals surface area contributed by atoms with Gasteiger partial charge in [0.1, 0.15) is 11.9 Å². The molecular formula is C19H20O5. The summed E-state index contributed by atoms with van der Waals surface area (Å²) in [5, 5.41) is 10.8. The molecule has 0 aliphatic rings.